The summed E-state index contributed by atoms with van der Waals surface area (Å²) in [6.07, 6.45) is 2.56. The quantitative estimate of drug-likeness (QED) is 0.826. The van der Waals surface area contributed by atoms with Crippen LogP contribution in [-0.4, -0.2) is 0 Å². The third-order valence-electron chi connectivity index (χ3n) is 3.76. The molecule has 1 atom stereocenters. The van der Waals surface area contributed by atoms with Crippen LogP contribution >= 0.6 is 15.9 Å². The summed E-state index contributed by atoms with van der Waals surface area (Å²) >= 11 is 3.18. The molecule has 1 saturated carbocycles. The van der Waals surface area contributed by atoms with Crippen LogP contribution in [0.25, 0.3) is 0 Å². The van der Waals surface area contributed by atoms with E-state index in [1.165, 1.54) is 18.4 Å². The van der Waals surface area contributed by atoms with Crippen molar-refractivity contribution < 1.29 is 4.39 Å². The summed E-state index contributed by atoms with van der Waals surface area (Å²) in [6, 6.07) is 16.2. The molecule has 1 aliphatic carbocycles. The van der Waals surface area contributed by atoms with Crippen molar-refractivity contribution in [1.82, 2.24) is 5.32 Å². The maximum absolute atomic E-state index is 13.5. The van der Waals surface area contributed by atoms with Crippen molar-refractivity contribution in [3.05, 3.63) is 69.9 Å². The lowest BCUT2D eigenvalue weighted by Gasteiger charge is -2.19. The van der Waals surface area contributed by atoms with Gasteiger partial charge in [0.2, 0.25) is 0 Å². The zero-order valence-electron chi connectivity index (χ0n) is 11.2. The third kappa shape index (κ3) is 3.28. The second kappa shape index (κ2) is 6.06. The van der Waals surface area contributed by atoms with E-state index in [4.69, 9.17) is 0 Å². The van der Waals surface area contributed by atoms with Gasteiger partial charge in [-0.15, -0.1) is 0 Å². The predicted molar refractivity (Wildman–Crippen MR) is 82.8 cm³/mol. The number of nitrogens with one attached hydrogen (secondary N) is 1. The smallest absolute Gasteiger partial charge is 0.137 e. The van der Waals surface area contributed by atoms with Gasteiger partial charge in [-0.2, -0.15) is 0 Å². The van der Waals surface area contributed by atoms with Crippen molar-refractivity contribution >= 4 is 15.9 Å². The predicted octanol–water partition coefficient (Wildman–Crippen LogP) is 4.83. The molecule has 0 amide bonds. The topological polar surface area (TPSA) is 12.0 Å². The van der Waals surface area contributed by atoms with E-state index < -0.39 is 0 Å². The fourth-order valence-corrected chi connectivity index (χ4v) is 2.77. The van der Waals surface area contributed by atoms with Crippen LogP contribution in [0.5, 0.6) is 0 Å². The van der Waals surface area contributed by atoms with Crippen molar-refractivity contribution in [2.45, 2.75) is 25.4 Å². The van der Waals surface area contributed by atoms with E-state index in [9.17, 15) is 4.39 Å². The van der Waals surface area contributed by atoms with Crippen LogP contribution in [0.1, 0.15) is 30.0 Å². The number of hydrogen-bond donors (Lipinski definition) is 1. The fraction of sp³-hybridized carbons (Fsp3) is 0.294. The first-order valence-corrected chi connectivity index (χ1v) is 7.75. The zero-order valence-corrected chi connectivity index (χ0v) is 12.7. The molecule has 1 fully saturated rings. The van der Waals surface area contributed by atoms with Gasteiger partial charge in [0, 0.05) is 12.6 Å². The molecule has 0 bridgehead atoms. The fourth-order valence-electron chi connectivity index (χ4n) is 2.52. The van der Waals surface area contributed by atoms with Crippen LogP contribution < -0.4 is 5.32 Å². The molecule has 3 heteroatoms. The van der Waals surface area contributed by atoms with Gasteiger partial charge in [-0.05, 0) is 57.9 Å². The number of rotatable bonds is 5. The van der Waals surface area contributed by atoms with E-state index >= 15 is 0 Å². The van der Waals surface area contributed by atoms with Crippen LogP contribution in [0, 0.1) is 11.7 Å². The van der Waals surface area contributed by atoms with Crippen LogP contribution in [-0.2, 0) is 6.54 Å². The van der Waals surface area contributed by atoms with E-state index in [1.54, 1.807) is 12.1 Å². The summed E-state index contributed by atoms with van der Waals surface area (Å²) in [5.41, 5.74) is 2.31. The molecule has 0 saturated heterocycles. The van der Waals surface area contributed by atoms with E-state index in [1.807, 2.05) is 12.1 Å². The Bertz CT molecular complexity index is 581. The Hall–Kier alpha value is -1.19. The maximum Gasteiger partial charge on any atom is 0.137 e. The molecule has 0 spiro atoms. The average molecular weight is 334 g/mol. The second-order valence-electron chi connectivity index (χ2n) is 5.36. The summed E-state index contributed by atoms with van der Waals surface area (Å²) in [6.45, 7) is 0.695. The van der Waals surface area contributed by atoms with E-state index in [2.05, 4.69) is 45.5 Å². The van der Waals surface area contributed by atoms with Crippen LogP contribution in [0.15, 0.2) is 53.0 Å². The van der Waals surface area contributed by atoms with Gasteiger partial charge in [0.25, 0.3) is 0 Å². The Morgan fingerprint density at radius 3 is 2.55 bits per heavy atom. The Balaban J connectivity index is 1.70. The maximum atomic E-state index is 13.5. The average Bonchev–Trinajstić information content (AvgIpc) is 3.29. The highest BCUT2D eigenvalue weighted by molar-refractivity contribution is 9.10. The molecular weight excluding hydrogens is 317 g/mol. The van der Waals surface area contributed by atoms with E-state index in [-0.39, 0.29) is 5.82 Å². The molecular formula is C17H17BrFN. The van der Waals surface area contributed by atoms with E-state index in [0.717, 1.165) is 11.5 Å². The van der Waals surface area contributed by atoms with Crippen molar-refractivity contribution in [3.8, 4) is 0 Å². The molecule has 1 nitrogen and oxygen atoms in total. The van der Waals surface area contributed by atoms with Gasteiger partial charge in [-0.1, -0.05) is 36.4 Å². The molecule has 104 valence electrons. The summed E-state index contributed by atoms with van der Waals surface area (Å²) in [7, 11) is 0. The Morgan fingerprint density at radius 2 is 1.90 bits per heavy atom. The molecule has 1 aliphatic rings. The highest BCUT2D eigenvalue weighted by atomic mass is 79.9. The summed E-state index contributed by atoms with van der Waals surface area (Å²) in [4.78, 5) is 0. The van der Waals surface area contributed by atoms with Gasteiger partial charge in [-0.25, -0.2) is 4.39 Å². The van der Waals surface area contributed by atoms with Gasteiger partial charge >= 0.3 is 0 Å². The standard InChI is InChI=1S/C17H17BrFN/c18-15-9-6-12(10-16(15)19)11-20-17(14-7-8-14)13-4-2-1-3-5-13/h1-6,9-10,14,17,20H,7-8,11H2. The minimum absolute atomic E-state index is 0.202. The van der Waals surface area contributed by atoms with Crippen molar-refractivity contribution in [3.63, 3.8) is 0 Å². The molecule has 3 rings (SSSR count). The largest absolute Gasteiger partial charge is 0.306 e. The highest BCUT2D eigenvalue weighted by Crippen LogP contribution is 2.41. The summed E-state index contributed by atoms with van der Waals surface area (Å²) < 4.78 is 14.0. The lowest BCUT2D eigenvalue weighted by Crippen LogP contribution is -2.22. The van der Waals surface area contributed by atoms with Crippen LogP contribution in [0.3, 0.4) is 0 Å². The summed E-state index contributed by atoms with van der Waals surface area (Å²) in [5.74, 6) is 0.518. The first kappa shape index (κ1) is 13.8. The normalized spacial score (nSPS) is 16.1. The Kier molecular flexibility index (Phi) is 4.18. The first-order chi connectivity index (χ1) is 9.74. The molecule has 1 N–H and O–H groups in total. The summed E-state index contributed by atoms with van der Waals surface area (Å²) in [5, 5.41) is 3.58. The SMILES string of the molecule is Fc1cc(CNC(c2ccccc2)C2CC2)ccc1Br. The first-order valence-electron chi connectivity index (χ1n) is 6.96. The number of benzene rings is 2. The Labute approximate surface area is 127 Å². The molecule has 2 aromatic rings. The number of hydrogen-bond acceptors (Lipinski definition) is 1. The van der Waals surface area contributed by atoms with Gasteiger partial charge in [0.05, 0.1) is 4.47 Å². The van der Waals surface area contributed by atoms with Crippen molar-refractivity contribution in [2.24, 2.45) is 5.92 Å². The molecule has 2 aromatic carbocycles. The molecule has 1 unspecified atom stereocenters. The lowest BCUT2D eigenvalue weighted by molar-refractivity contribution is 0.479. The third-order valence-corrected chi connectivity index (χ3v) is 4.41. The second-order valence-corrected chi connectivity index (χ2v) is 6.21. The minimum Gasteiger partial charge on any atom is -0.306 e. The van der Waals surface area contributed by atoms with Crippen molar-refractivity contribution in [1.29, 1.82) is 0 Å². The lowest BCUT2D eigenvalue weighted by atomic mass is 10.0. The van der Waals surface area contributed by atoms with Gasteiger partial charge in [0.15, 0.2) is 0 Å². The Morgan fingerprint density at radius 1 is 1.15 bits per heavy atom. The monoisotopic (exact) mass is 333 g/mol. The minimum atomic E-state index is -0.202. The van der Waals surface area contributed by atoms with Gasteiger partial charge in [-0.3, -0.25) is 0 Å². The molecule has 0 radical (unpaired) electrons. The van der Waals surface area contributed by atoms with Gasteiger partial charge < -0.3 is 5.32 Å². The van der Waals surface area contributed by atoms with Crippen LogP contribution in [0.4, 0.5) is 4.39 Å². The molecule has 0 aliphatic heterocycles. The van der Waals surface area contributed by atoms with E-state index in [0.29, 0.717) is 17.1 Å². The van der Waals surface area contributed by atoms with Crippen LogP contribution in [0.2, 0.25) is 0 Å². The molecule has 20 heavy (non-hydrogen) atoms. The zero-order chi connectivity index (χ0) is 13.9. The highest BCUT2D eigenvalue weighted by Gasteiger charge is 2.31. The molecule has 0 heterocycles. The van der Waals surface area contributed by atoms with Gasteiger partial charge in [0.1, 0.15) is 5.82 Å². The van der Waals surface area contributed by atoms with Crippen molar-refractivity contribution in [2.75, 3.05) is 0 Å². The molecule has 0 aromatic heterocycles. The number of halogens is 2.